The topological polar surface area (TPSA) is 85.2 Å². The first-order valence-electron chi connectivity index (χ1n) is 12.6. The van der Waals surface area contributed by atoms with Crippen molar-refractivity contribution in [2.45, 2.75) is 38.3 Å². The highest BCUT2D eigenvalue weighted by Crippen LogP contribution is 2.31. The molecule has 1 fully saturated rings. The molecule has 2 aromatic heterocycles. The molecule has 8 nitrogen and oxygen atoms in total. The highest BCUT2D eigenvalue weighted by Gasteiger charge is 2.28. The number of carbonyl (C=O) groups excluding carboxylic acids is 1. The van der Waals surface area contributed by atoms with Crippen LogP contribution in [-0.4, -0.2) is 50.4 Å². The van der Waals surface area contributed by atoms with Crippen LogP contribution in [0.5, 0.6) is 5.75 Å². The van der Waals surface area contributed by atoms with Crippen LogP contribution in [0.3, 0.4) is 0 Å². The number of aromatic nitrogens is 4. The highest BCUT2D eigenvalue weighted by atomic mass is 35.5. The maximum Gasteiger partial charge on any atom is 0.322 e. The van der Waals surface area contributed by atoms with Gasteiger partial charge < -0.3 is 15.0 Å². The van der Waals surface area contributed by atoms with Crippen LogP contribution in [0.2, 0.25) is 15.1 Å². The van der Waals surface area contributed by atoms with E-state index in [1.807, 2.05) is 27.8 Å². The zero-order chi connectivity index (χ0) is 27.4. The van der Waals surface area contributed by atoms with E-state index in [1.54, 1.807) is 49.8 Å². The molecule has 11 heteroatoms. The summed E-state index contributed by atoms with van der Waals surface area (Å²) in [6, 6.07) is 14.2. The van der Waals surface area contributed by atoms with Gasteiger partial charge in [-0.3, -0.25) is 4.98 Å². The summed E-state index contributed by atoms with van der Waals surface area (Å²) in [7, 11) is 1.57. The molecule has 0 atom stereocenters. The predicted molar refractivity (Wildman–Crippen MR) is 155 cm³/mol. The molecular formula is C28H27Cl3N6O2. The highest BCUT2D eigenvalue weighted by molar-refractivity contribution is 6.36. The molecule has 2 amide bonds. The van der Waals surface area contributed by atoms with Crippen molar-refractivity contribution < 1.29 is 9.53 Å². The normalized spacial score (nSPS) is 13.4. The Labute approximate surface area is 241 Å². The summed E-state index contributed by atoms with van der Waals surface area (Å²) in [5.74, 6) is 1.77. The first-order chi connectivity index (χ1) is 18.9. The van der Waals surface area contributed by atoms with Crippen molar-refractivity contribution in [1.82, 2.24) is 24.6 Å². The van der Waals surface area contributed by atoms with E-state index in [2.05, 4.69) is 10.3 Å². The SMILES string of the molecule is COc1ccc(-c2nc(-c3ccncc3)nn2CCN(C(=O)Nc2ccc(Cl)cc2Cl)C2CCCC2)cc1Cl. The van der Waals surface area contributed by atoms with E-state index >= 15 is 0 Å². The Morgan fingerprint density at radius 1 is 1.03 bits per heavy atom. The van der Waals surface area contributed by atoms with Crippen molar-refractivity contribution in [3.8, 4) is 28.5 Å². The number of anilines is 1. The Balaban J connectivity index is 1.44. The van der Waals surface area contributed by atoms with E-state index in [1.165, 1.54) is 0 Å². The number of hydrogen-bond acceptors (Lipinski definition) is 5. The second-order valence-electron chi connectivity index (χ2n) is 9.25. The smallest absolute Gasteiger partial charge is 0.322 e. The first kappa shape index (κ1) is 27.2. The second kappa shape index (κ2) is 12.2. The average molecular weight is 586 g/mol. The van der Waals surface area contributed by atoms with Crippen LogP contribution < -0.4 is 10.1 Å². The number of halogens is 3. The van der Waals surface area contributed by atoms with Crippen molar-refractivity contribution in [3.63, 3.8) is 0 Å². The number of nitrogens with zero attached hydrogens (tertiary/aromatic N) is 5. The monoisotopic (exact) mass is 584 g/mol. The Kier molecular flexibility index (Phi) is 8.55. The summed E-state index contributed by atoms with van der Waals surface area (Å²) in [5.41, 5.74) is 2.15. The molecule has 2 heterocycles. The molecule has 0 saturated heterocycles. The van der Waals surface area contributed by atoms with Crippen molar-refractivity contribution in [2.24, 2.45) is 0 Å². The summed E-state index contributed by atoms with van der Waals surface area (Å²) in [5, 5.41) is 9.13. The number of benzene rings is 2. The number of rotatable bonds is 8. The summed E-state index contributed by atoms with van der Waals surface area (Å²) in [6.07, 6.45) is 7.47. The zero-order valence-electron chi connectivity index (χ0n) is 21.3. The number of methoxy groups -OCH3 is 1. The summed E-state index contributed by atoms with van der Waals surface area (Å²) >= 11 is 18.8. The van der Waals surface area contributed by atoms with E-state index in [-0.39, 0.29) is 12.1 Å². The van der Waals surface area contributed by atoms with E-state index in [0.29, 0.717) is 51.2 Å². The minimum Gasteiger partial charge on any atom is -0.495 e. The van der Waals surface area contributed by atoms with Gasteiger partial charge in [0.2, 0.25) is 0 Å². The average Bonchev–Trinajstić information content (AvgIpc) is 3.62. The van der Waals surface area contributed by atoms with Gasteiger partial charge in [-0.2, -0.15) is 5.10 Å². The van der Waals surface area contributed by atoms with Gasteiger partial charge in [-0.25, -0.2) is 14.5 Å². The lowest BCUT2D eigenvalue weighted by Crippen LogP contribution is -2.43. The number of nitrogens with one attached hydrogen (secondary N) is 1. The Hall–Kier alpha value is -3.33. The fraction of sp³-hybridized carbons (Fsp3) is 0.286. The Morgan fingerprint density at radius 3 is 2.49 bits per heavy atom. The molecule has 202 valence electrons. The molecule has 0 aliphatic heterocycles. The van der Waals surface area contributed by atoms with Crippen LogP contribution in [0.15, 0.2) is 60.9 Å². The molecule has 0 bridgehead atoms. The van der Waals surface area contributed by atoms with Gasteiger partial charge in [0.1, 0.15) is 5.75 Å². The van der Waals surface area contributed by atoms with Gasteiger partial charge >= 0.3 is 6.03 Å². The fourth-order valence-electron chi connectivity index (χ4n) is 4.79. The maximum absolute atomic E-state index is 13.5. The van der Waals surface area contributed by atoms with E-state index in [9.17, 15) is 4.79 Å². The lowest BCUT2D eigenvalue weighted by Gasteiger charge is -2.29. The summed E-state index contributed by atoms with van der Waals surface area (Å²) < 4.78 is 7.13. The molecule has 1 N–H and O–H groups in total. The molecule has 2 aromatic carbocycles. The molecule has 4 aromatic rings. The molecular weight excluding hydrogens is 559 g/mol. The lowest BCUT2D eigenvalue weighted by atomic mass is 10.2. The van der Waals surface area contributed by atoms with E-state index in [0.717, 1.165) is 36.8 Å². The van der Waals surface area contributed by atoms with Crippen LogP contribution in [0.4, 0.5) is 10.5 Å². The van der Waals surface area contributed by atoms with Gasteiger partial charge in [0.15, 0.2) is 11.6 Å². The van der Waals surface area contributed by atoms with Gasteiger partial charge in [0.25, 0.3) is 0 Å². The quantitative estimate of drug-likeness (QED) is 0.232. The molecule has 0 spiro atoms. The Morgan fingerprint density at radius 2 is 1.79 bits per heavy atom. The van der Waals surface area contributed by atoms with Gasteiger partial charge in [0, 0.05) is 41.1 Å². The van der Waals surface area contributed by atoms with Crippen molar-refractivity contribution >= 4 is 46.5 Å². The summed E-state index contributed by atoms with van der Waals surface area (Å²) in [4.78, 5) is 24.3. The standard InChI is InChI=1S/C28H27Cl3N6O2/c1-39-25-9-6-19(16-23(25)31)27-34-26(18-10-12-32-13-11-18)35-37(27)15-14-36(21-4-2-3-5-21)28(38)33-24-8-7-20(29)17-22(24)30/h6-13,16-17,21H,2-5,14-15H2,1H3,(H,33,38). The minimum absolute atomic E-state index is 0.123. The lowest BCUT2D eigenvalue weighted by molar-refractivity contribution is 0.184. The predicted octanol–water partition coefficient (Wildman–Crippen LogP) is 7.45. The van der Waals surface area contributed by atoms with Crippen molar-refractivity contribution in [2.75, 3.05) is 19.0 Å². The molecule has 1 aliphatic carbocycles. The second-order valence-corrected chi connectivity index (χ2v) is 10.5. The minimum atomic E-state index is -0.213. The largest absolute Gasteiger partial charge is 0.495 e. The molecule has 0 unspecified atom stereocenters. The number of pyridine rings is 1. The van der Waals surface area contributed by atoms with E-state index in [4.69, 9.17) is 49.6 Å². The zero-order valence-corrected chi connectivity index (χ0v) is 23.5. The third-order valence-electron chi connectivity index (χ3n) is 6.77. The van der Waals surface area contributed by atoms with Crippen molar-refractivity contribution in [1.29, 1.82) is 0 Å². The molecule has 0 radical (unpaired) electrons. The number of carbonyl (C=O) groups is 1. The fourth-order valence-corrected chi connectivity index (χ4v) is 5.50. The number of amides is 2. The maximum atomic E-state index is 13.5. The van der Waals surface area contributed by atoms with Gasteiger partial charge in [-0.15, -0.1) is 0 Å². The van der Waals surface area contributed by atoms with Gasteiger partial charge in [-0.1, -0.05) is 47.6 Å². The van der Waals surface area contributed by atoms with Crippen LogP contribution in [0.25, 0.3) is 22.8 Å². The van der Waals surface area contributed by atoms with Crippen LogP contribution in [0.1, 0.15) is 25.7 Å². The number of ether oxygens (including phenoxy) is 1. The van der Waals surface area contributed by atoms with Crippen LogP contribution in [0, 0.1) is 0 Å². The van der Waals surface area contributed by atoms with E-state index < -0.39 is 0 Å². The summed E-state index contributed by atoms with van der Waals surface area (Å²) in [6.45, 7) is 0.854. The van der Waals surface area contributed by atoms with Crippen LogP contribution >= 0.6 is 34.8 Å². The molecule has 39 heavy (non-hydrogen) atoms. The number of hydrogen-bond donors (Lipinski definition) is 1. The Bertz CT molecular complexity index is 1460. The first-order valence-corrected chi connectivity index (χ1v) is 13.8. The molecule has 1 saturated carbocycles. The third kappa shape index (κ3) is 6.30. The van der Waals surface area contributed by atoms with Crippen LogP contribution in [-0.2, 0) is 6.54 Å². The third-order valence-corrected chi connectivity index (χ3v) is 7.62. The van der Waals surface area contributed by atoms with Gasteiger partial charge in [-0.05, 0) is 61.4 Å². The molecule has 1 aliphatic rings. The van der Waals surface area contributed by atoms with Crippen molar-refractivity contribution in [3.05, 3.63) is 76.0 Å². The molecule has 5 rings (SSSR count). The van der Waals surface area contributed by atoms with Gasteiger partial charge in [0.05, 0.1) is 29.4 Å². The number of urea groups is 1.